The lowest BCUT2D eigenvalue weighted by Crippen LogP contribution is -2.47. The normalized spacial score (nSPS) is 15.9. The number of aryl methyl sites for hydroxylation is 2. The minimum Gasteiger partial charge on any atom is -0.326 e. The monoisotopic (exact) mass is 521 g/mol. The van der Waals surface area contributed by atoms with Crippen molar-refractivity contribution in [1.29, 1.82) is 0 Å². The van der Waals surface area contributed by atoms with E-state index in [9.17, 15) is 9.59 Å². The van der Waals surface area contributed by atoms with Crippen molar-refractivity contribution in [2.45, 2.75) is 13.3 Å². The Morgan fingerprint density at radius 3 is 2.68 bits per heavy atom. The Labute approximate surface area is 222 Å². The summed E-state index contributed by atoms with van der Waals surface area (Å²) in [5.41, 5.74) is 7.65. The number of hydrazine groups is 1. The number of aromatic nitrogens is 2. The van der Waals surface area contributed by atoms with Crippen molar-refractivity contribution in [1.82, 2.24) is 25.1 Å². The first-order chi connectivity index (χ1) is 17.7. The van der Waals surface area contributed by atoms with E-state index in [1.165, 1.54) is 0 Å². The van der Waals surface area contributed by atoms with Crippen molar-refractivity contribution in [2.75, 3.05) is 39.0 Å². The Bertz CT molecular complexity index is 1300. The van der Waals surface area contributed by atoms with Crippen LogP contribution in [0.5, 0.6) is 0 Å². The predicted octanol–water partition coefficient (Wildman–Crippen LogP) is 3.15. The molecule has 0 spiro atoms. The number of amidine groups is 1. The van der Waals surface area contributed by atoms with Gasteiger partial charge in [-0.25, -0.2) is 5.01 Å². The molecule has 1 aliphatic heterocycles. The fourth-order valence-electron chi connectivity index (χ4n) is 4.37. The first kappa shape index (κ1) is 26.4. The average molecular weight is 522 g/mol. The lowest BCUT2D eigenvalue weighted by Gasteiger charge is -2.25. The fourth-order valence-corrected chi connectivity index (χ4v) is 4.67. The van der Waals surface area contributed by atoms with Crippen LogP contribution in [0, 0.1) is 12.8 Å². The van der Waals surface area contributed by atoms with Crippen LogP contribution in [-0.4, -0.2) is 71.1 Å². The molecule has 10 heteroatoms. The van der Waals surface area contributed by atoms with Crippen molar-refractivity contribution < 1.29 is 9.59 Å². The molecule has 1 aromatic heterocycles. The molecule has 2 heterocycles. The number of aliphatic imine (C=N–C) groups is 1. The maximum absolute atomic E-state index is 13.6. The molecule has 0 fully saturated rings. The van der Waals surface area contributed by atoms with E-state index in [2.05, 4.69) is 20.8 Å². The molecule has 0 saturated heterocycles. The minimum absolute atomic E-state index is 0.0952. The van der Waals surface area contributed by atoms with Gasteiger partial charge in [0.2, 0.25) is 11.8 Å². The molecule has 1 unspecified atom stereocenters. The van der Waals surface area contributed by atoms with Gasteiger partial charge in [-0.05, 0) is 48.2 Å². The van der Waals surface area contributed by atoms with Crippen molar-refractivity contribution in [2.24, 2.45) is 18.0 Å². The van der Waals surface area contributed by atoms with E-state index in [1.54, 1.807) is 20.8 Å². The zero-order valence-electron chi connectivity index (χ0n) is 21.5. The van der Waals surface area contributed by atoms with Crippen LogP contribution in [0.3, 0.4) is 0 Å². The Morgan fingerprint density at radius 1 is 1.19 bits per heavy atom. The molecule has 4 rings (SSSR count). The highest BCUT2D eigenvalue weighted by atomic mass is 35.5. The van der Waals surface area contributed by atoms with Gasteiger partial charge in [0.25, 0.3) is 0 Å². The SMILES string of the molecule is Cc1cccc(Cl)c1CC1CN=C(NN(C)C)CN(CC(=O)Nc2cccc(-c3cnn(C)c3)c2)C1=O. The molecule has 0 bridgehead atoms. The van der Waals surface area contributed by atoms with Crippen molar-refractivity contribution in [3.63, 3.8) is 0 Å². The first-order valence-corrected chi connectivity index (χ1v) is 12.5. The molecule has 3 aromatic rings. The van der Waals surface area contributed by atoms with Gasteiger partial charge >= 0.3 is 0 Å². The number of amides is 2. The van der Waals surface area contributed by atoms with Crippen LogP contribution in [0.2, 0.25) is 5.02 Å². The number of benzene rings is 2. The van der Waals surface area contributed by atoms with Crippen LogP contribution in [0.15, 0.2) is 59.9 Å². The molecule has 1 aliphatic rings. The second kappa shape index (κ2) is 11.6. The van der Waals surface area contributed by atoms with E-state index in [0.717, 1.165) is 22.3 Å². The topological polar surface area (TPSA) is 94.9 Å². The summed E-state index contributed by atoms with van der Waals surface area (Å²) in [5, 5.41) is 9.54. The van der Waals surface area contributed by atoms with Gasteiger partial charge in [0.15, 0.2) is 0 Å². The van der Waals surface area contributed by atoms with E-state index in [0.29, 0.717) is 29.5 Å². The molecule has 0 saturated carbocycles. The van der Waals surface area contributed by atoms with Crippen molar-refractivity contribution >= 4 is 34.9 Å². The van der Waals surface area contributed by atoms with E-state index in [-0.39, 0.29) is 24.9 Å². The molecular weight excluding hydrogens is 490 g/mol. The quantitative estimate of drug-likeness (QED) is 0.466. The Balaban J connectivity index is 1.51. The summed E-state index contributed by atoms with van der Waals surface area (Å²) in [6.45, 7) is 2.40. The lowest BCUT2D eigenvalue weighted by atomic mass is 9.95. The number of carbonyl (C=O) groups is 2. The number of hydrogen-bond acceptors (Lipinski definition) is 6. The summed E-state index contributed by atoms with van der Waals surface area (Å²) in [6.07, 6.45) is 4.14. The summed E-state index contributed by atoms with van der Waals surface area (Å²) < 4.78 is 1.73. The maximum atomic E-state index is 13.6. The van der Waals surface area contributed by atoms with Gasteiger partial charge in [-0.2, -0.15) is 5.10 Å². The second-order valence-electron chi connectivity index (χ2n) is 9.46. The van der Waals surface area contributed by atoms with Gasteiger partial charge < -0.3 is 15.6 Å². The highest BCUT2D eigenvalue weighted by Crippen LogP contribution is 2.25. The van der Waals surface area contributed by atoms with E-state index < -0.39 is 5.92 Å². The van der Waals surface area contributed by atoms with E-state index in [4.69, 9.17) is 11.6 Å². The van der Waals surface area contributed by atoms with Gasteiger partial charge in [-0.15, -0.1) is 0 Å². The summed E-state index contributed by atoms with van der Waals surface area (Å²) in [4.78, 5) is 32.9. The number of nitrogens with one attached hydrogen (secondary N) is 2. The smallest absolute Gasteiger partial charge is 0.244 e. The van der Waals surface area contributed by atoms with Crippen LogP contribution < -0.4 is 10.7 Å². The zero-order valence-corrected chi connectivity index (χ0v) is 22.3. The van der Waals surface area contributed by atoms with E-state index >= 15 is 0 Å². The fraction of sp³-hybridized carbons (Fsp3) is 0.333. The number of halogens is 1. The summed E-state index contributed by atoms with van der Waals surface area (Å²) in [7, 11) is 5.56. The van der Waals surface area contributed by atoms with Crippen molar-refractivity contribution in [3.8, 4) is 11.1 Å². The molecule has 37 heavy (non-hydrogen) atoms. The molecule has 0 radical (unpaired) electrons. The molecular formula is C27H32ClN7O2. The number of anilines is 1. The van der Waals surface area contributed by atoms with Gasteiger partial charge in [0.1, 0.15) is 12.4 Å². The Kier molecular flexibility index (Phi) is 8.25. The third-order valence-electron chi connectivity index (χ3n) is 6.18. The summed E-state index contributed by atoms with van der Waals surface area (Å²) in [5.74, 6) is -0.210. The zero-order chi connectivity index (χ0) is 26.5. The summed E-state index contributed by atoms with van der Waals surface area (Å²) in [6, 6.07) is 13.3. The minimum atomic E-state index is -0.429. The second-order valence-corrected chi connectivity index (χ2v) is 9.86. The Hall–Kier alpha value is -3.69. The molecule has 2 N–H and O–H groups in total. The lowest BCUT2D eigenvalue weighted by molar-refractivity contribution is -0.137. The highest BCUT2D eigenvalue weighted by molar-refractivity contribution is 6.31. The van der Waals surface area contributed by atoms with Crippen LogP contribution in [-0.2, 0) is 23.1 Å². The third-order valence-corrected chi connectivity index (χ3v) is 6.53. The number of hydrogen-bond donors (Lipinski definition) is 2. The number of nitrogens with zero attached hydrogens (tertiary/aromatic N) is 5. The molecule has 1 atom stereocenters. The molecule has 9 nitrogen and oxygen atoms in total. The van der Waals surface area contributed by atoms with E-state index in [1.807, 2.05) is 76.7 Å². The molecule has 2 aromatic carbocycles. The maximum Gasteiger partial charge on any atom is 0.244 e. The molecule has 0 aliphatic carbocycles. The number of rotatable bonds is 7. The Morgan fingerprint density at radius 2 is 1.97 bits per heavy atom. The van der Waals surface area contributed by atoms with Gasteiger partial charge in [0, 0.05) is 43.6 Å². The average Bonchev–Trinajstić information content (AvgIpc) is 3.23. The first-order valence-electron chi connectivity index (χ1n) is 12.1. The van der Waals surface area contributed by atoms with Crippen LogP contribution in [0.4, 0.5) is 5.69 Å². The molecule has 2 amide bonds. The number of carbonyl (C=O) groups excluding carboxylic acids is 2. The van der Waals surface area contributed by atoms with Crippen LogP contribution >= 0.6 is 11.6 Å². The third kappa shape index (κ3) is 6.75. The standard InChI is InChI=1S/C27H32ClN7O2/c1-18-7-5-10-24(28)23(18)12-20-13-29-25(32-33(2)3)16-35(27(20)37)17-26(36)31-22-9-6-8-19(11-22)21-14-30-34(4)15-21/h5-11,14-15,20H,12-13,16-17H2,1-4H3,(H,29,32)(H,31,36). The molecule has 194 valence electrons. The van der Waals surface area contributed by atoms with Crippen LogP contribution in [0.1, 0.15) is 11.1 Å². The predicted molar refractivity (Wildman–Crippen MR) is 146 cm³/mol. The van der Waals surface area contributed by atoms with Gasteiger partial charge in [0.05, 0.1) is 25.2 Å². The largest absolute Gasteiger partial charge is 0.326 e. The van der Waals surface area contributed by atoms with Gasteiger partial charge in [-0.1, -0.05) is 35.9 Å². The highest BCUT2D eigenvalue weighted by Gasteiger charge is 2.31. The van der Waals surface area contributed by atoms with Gasteiger partial charge in [-0.3, -0.25) is 19.3 Å². The van der Waals surface area contributed by atoms with Crippen molar-refractivity contribution in [3.05, 3.63) is 71.0 Å². The van der Waals surface area contributed by atoms with Crippen LogP contribution in [0.25, 0.3) is 11.1 Å². The summed E-state index contributed by atoms with van der Waals surface area (Å²) >= 11 is 6.46.